The summed E-state index contributed by atoms with van der Waals surface area (Å²) in [6.07, 6.45) is 2.18. The van der Waals surface area contributed by atoms with Crippen LogP contribution in [0.1, 0.15) is 12.8 Å². The van der Waals surface area contributed by atoms with Crippen LogP contribution in [0.2, 0.25) is 5.28 Å². The van der Waals surface area contributed by atoms with Gasteiger partial charge < -0.3 is 4.74 Å². The van der Waals surface area contributed by atoms with E-state index in [4.69, 9.17) is 16.3 Å². The topological polar surface area (TPSA) is 26.3 Å². The lowest BCUT2D eigenvalue weighted by atomic mass is 9.81. The van der Waals surface area contributed by atoms with Crippen LogP contribution in [0.15, 0.2) is 0 Å². The second-order valence-corrected chi connectivity index (χ2v) is 7.13. The molecule has 3 atom stereocenters. The Labute approximate surface area is 104 Å². The Balaban J connectivity index is 2.35. The van der Waals surface area contributed by atoms with Gasteiger partial charge in [0.25, 0.3) is 5.24 Å². The molecule has 1 aliphatic heterocycles. The molecule has 0 aromatic carbocycles. The van der Waals surface area contributed by atoms with Crippen molar-refractivity contribution in [3.8, 4) is 0 Å². The summed E-state index contributed by atoms with van der Waals surface area (Å²) in [5.74, 6) is 0.384. The largest absolute Gasteiger partial charge is 0.363 e. The molecule has 2 nitrogen and oxygen atoms in total. The molecular formula is C8H11AlClIO2. The molecule has 72 valence electrons. The van der Waals surface area contributed by atoms with Crippen molar-refractivity contribution in [3.05, 3.63) is 0 Å². The highest BCUT2D eigenvalue weighted by molar-refractivity contribution is 14.1. The van der Waals surface area contributed by atoms with Gasteiger partial charge in [-0.15, -0.1) is 0 Å². The summed E-state index contributed by atoms with van der Waals surface area (Å²) in [6, 6.07) is 0. The van der Waals surface area contributed by atoms with Gasteiger partial charge in [-0.3, -0.25) is 4.79 Å². The van der Waals surface area contributed by atoms with Crippen molar-refractivity contribution < 1.29 is 9.53 Å². The van der Waals surface area contributed by atoms with Gasteiger partial charge >= 0.3 is 0 Å². The third kappa shape index (κ3) is 1.19. The molecule has 1 aliphatic carbocycles. The van der Waals surface area contributed by atoms with E-state index in [2.05, 4.69) is 22.6 Å². The molecule has 1 heterocycles. The molecule has 0 spiro atoms. The van der Waals surface area contributed by atoms with E-state index in [0.29, 0.717) is 12.5 Å². The van der Waals surface area contributed by atoms with Crippen LogP contribution in [-0.2, 0) is 9.53 Å². The molecule has 0 radical (unpaired) electrons. The molecule has 0 bridgehead atoms. The lowest BCUT2D eigenvalue weighted by Crippen LogP contribution is -2.67. The molecule has 2 aliphatic rings. The smallest absolute Gasteiger partial charge is 0.255 e. The first-order valence-electron chi connectivity index (χ1n) is 4.59. The standard InChI is InChI=1S/C8H9ClIO2.Al.2H/c1-5-2-3-7(10)4-12-8(5,7)6(9)11;;;/h5H,1-4H2;;;/t5?,7-,8-;;;/m1.../s1. The van der Waals surface area contributed by atoms with Gasteiger partial charge in [-0.05, 0) is 30.4 Å². The minimum atomic E-state index is -0.614. The molecule has 0 aromatic heterocycles. The normalized spacial score (nSPS) is 48.3. The fourth-order valence-electron chi connectivity index (χ4n) is 2.62. The molecule has 0 aromatic rings. The van der Waals surface area contributed by atoms with Crippen LogP contribution in [0.5, 0.6) is 0 Å². The summed E-state index contributed by atoms with van der Waals surface area (Å²) in [4.78, 5) is 11.5. The minimum Gasteiger partial charge on any atom is -0.363 e. The highest BCUT2D eigenvalue weighted by Gasteiger charge is 2.70. The van der Waals surface area contributed by atoms with Crippen LogP contribution >= 0.6 is 34.2 Å². The summed E-state index contributed by atoms with van der Waals surface area (Å²) in [7, 11) is 0. The summed E-state index contributed by atoms with van der Waals surface area (Å²) in [5, 5.41) is 0.843. The lowest BCUT2D eigenvalue weighted by Gasteiger charge is -2.51. The summed E-state index contributed by atoms with van der Waals surface area (Å²) in [6.45, 7) is 0.698. The average molecular weight is 329 g/mol. The van der Waals surface area contributed by atoms with Gasteiger partial charge in [0, 0.05) is 0 Å². The molecule has 5 heteroatoms. The number of hydrogen-bond acceptors (Lipinski definition) is 2. The summed E-state index contributed by atoms with van der Waals surface area (Å²) >= 11 is 9.17. The van der Waals surface area contributed by atoms with Gasteiger partial charge in [0.05, 0.1) is 10.0 Å². The van der Waals surface area contributed by atoms with Gasteiger partial charge in [0.2, 0.25) is 16.3 Å². The predicted molar refractivity (Wildman–Crippen MR) is 62.4 cm³/mol. The maximum atomic E-state index is 11.5. The van der Waals surface area contributed by atoms with Crippen molar-refractivity contribution in [2.24, 2.45) is 5.92 Å². The van der Waals surface area contributed by atoms with Crippen LogP contribution in [0.4, 0.5) is 0 Å². The molecular weight excluding hydrogens is 317 g/mol. The minimum absolute atomic E-state index is 0.0126. The zero-order valence-corrected chi connectivity index (χ0v) is 12.4. The number of hydrogen-bond donors (Lipinski definition) is 0. The van der Waals surface area contributed by atoms with Crippen LogP contribution in [-0.4, -0.2) is 37.2 Å². The first-order valence-corrected chi connectivity index (χ1v) is 7.47. The van der Waals surface area contributed by atoms with Crippen molar-refractivity contribution in [2.75, 3.05) is 6.61 Å². The van der Waals surface area contributed by atoms with Crippen molar-refractivity contribution in [1.82, 2.24) is 0 Å². The zero-order chi connectivity index (χ0) is 9.69. The van der Waals surface area contributed by atoms with Crippen LogP contribution < -0.4 is 0 Å². The number of fused-ring (bicyclic) bond motifs is 1. The van der Waals surface area contributed by atoms with E-state index in [1.165, 1.54) is 0 Å². The quantitative estimate of drug-likeness (QED) is 0.329. The first kappa shape index (κ1) is 10.7. The molecule has 0 amide bonds. The highest BCUT2D eigenvalue weighted by atomic mass is 127. The fraction of sp³-hybridized carbons (Fsp3) is 0.875. The fourth-order valence-corrected chi connectivity index (χ4v) is 5.46. The Morgan fingerprint density at radius 2 is 2.46 bits per heavy atom. The Morgan fingerprint density at radius 3 is 2.77 bits per heavy atom. The van der Waals surface area contributed by atoms with Gasteiger partial charge in [0.1, 0.15) is 0 Å². The number of ether oxygens (including phenoxy) is 1. The molecule has 0 N–H and O–H groups in total. The van der Waals surface area contributed by atoms with E-state index >= 15 is 0 Å². The molecule has 2 rings (SSSR count). The second kappa shape index (κ2) is 3.35. The Morgan fingerprint density at radius 1 is 1.77 bits per heavy atom. The van der Waals surface area contributed by atoms with E-state index in [0.717, 1.165) is 34.4 Å². The molecule has 1 saturated heterocycles. The van der Waals surface area contributed by atoms with Crippen LogP contribution in [0.25, 0.3) is 0 Å². The van der Waals surface area contributed by atoms with Crippen LogP contribution in [0, 0.1) is 5.92 Å². The third-order valence-electron chi connectivity index (χ3n) is 3.44. The Bertz CT molecular complexity index is 263. The van der Waals surface area contributed by atoms with Crippen LogP contribution in [0.3, 0.4) is 0 Å². The van der Waals surface area contributed by atoms with E-state index in [1.807, 2.05) is 0 Å². The van der Waals surface area contributed by atoms with Crippen molar-refractivity contribution in [1.29, 1.82) is 0 Å². The Kier molecular flexibility index (Phi) is 2.75. The van der Waals surface area contributed by atoms with E-state index in [1.54, 1.807) is 0 Å². The summed E-state index contributed by atoms with van der Waals surface area (Å²) < 4.78 is 5.56. The zero-order valence-electron chi connectivity index (χ0n) is 7.48. The number of carbonyl (C=O) groups is 1. The van der Waals surface area contributed by atoms with Crippen molar-refractivity contribution >= 4 is 55.7 Å². The molecule has 2 fully saturated rings. The highest BCUT2D eigenvalue weighted by Crippen LogP contribution is 2.60. The third-order valence-corrected chi connectivity index (χ3v) is 6.36. The van der Waals surface area contributed by atoms with Gasteiger partial charge in [-0.1, -0.05) is 27.9 Å². The second-order valence-electron chi connectivity index (χ2n) is 3.91. The Hall–Kier alpha value is 1.18. The SMILES string of the molecule is O=C(Cl)[C@@]12OC[C@]1(I)CCC2[CH2][AlH2]. The number of alkyl halides is 1. The summed E-state index contributed by atoms with van der Waals surface area (Å²) in [5.41, 5.74) is -0.614. The van der Waals surface area contributed by atoms with E-state index in [-0.39, 0.29) is 8.66 Å². The lowest BCUT2D eigenvalue weighted by molar-refractivity contribution is -0.182. The van der Waals surface area contributed by atoms with Crippen molar-refractivity contribution in [2.45, 2.75) is 27.1 Å². The van der Waals surface area contributed by atoms with Gasteiger partial charge in [0.15, 0.2) is 5.60 Å². The van der Waals surface area contributed by atoms with Crippen molar-refractivity contribution in [3.63, 3.8) is 0 Å². The number of rotatable bonds is 2. The molecule has 1 unspecified atom stereocenters. The van der Waals surface area contributed by atoms with Gasteiger partial charge in [-0.25, -0.2) is 0 Å². The number of carbonyl (C=O) groups excluding carboxylic acids is 1. The average Bonchev–Trinajstić information content (AvgIpc) is 2.25. The van der Waals surface area contributed by atoms with E-state index in [9.17, 15) is 4.79 Å². The number of halogens is 2. The maximum Gasteiger partial charge on any atom is 0.255 e. The van der Waals surface area contributed by atoms with Gasteiger partial charge in [-0.2, -0.15) is 0 Å². The molecule has 1 saturated carbocycles. The monoisotopic (exact) mass is 328 g/mol. The first-order chi connectivity index (χ1) is 6.07. The maximum absolute atomic E-state index is 11.5. The van der Waals surface area contributed by atoms with E-state index < -0.39 is 5.60 Å². The predicted octanol–water partition coefficient (Wildman–Crippen LogP) is 1.16. The molecule has 13 heavy (non-hydrogen) atoms.